The fourth-order valence-corrected chi connectivity index (χ4v) is 2.96. The first-order valence-corrected chi connectivity index (χ1v) is 8.34. The molecule has 1 aromatic heterocycles. The molecule has 3 aromatic rings. The zero-order valence-corrected chi connectivity index (χ0v) is 13.8. The highest BCUT2D eigenvalue weighted by Crippen LogP contribution is 2.20. The van der Waals surface area contributed by atoms with Gasteiger partial charge >= 0.3 is 0 Å². The molecule has 0 aliphatic carbocycles. The minimum Gasteiger partial charge on any atom is -0.486 e. The normalized spacial score (nSPS) is 13.5. The van der Waals surface area contributed by atoms with E-state index in [1.54, 1.807) is 23.0 Å². The van der Waals surface area contributed by atoms with Gasteiger partial charge in [-0.25, -0.2) is 4.39 Å². The van der Waals surface area contributed by atoms with Crippen molar-refractivity contribution >= 4 is 0 Å². The van der Waals surface area contributed by atoms with Gasteiger partial charge in [-0.15, -0.1) is 0 Å². The molecule has 1 aliphatic rings. The number of nitrogens with zero attached hydrogens (tertiary/aromatic N) is 2. The van der Waals surface area contributed by atoms with E-state index in [9.17, 15) is 4.39 Å². The number of rotatable bonds is 5. The lowest BCUT2D eigenvalue weighted by atomic mass is 10.0. The van der Waals surface area contributed by atoms with E-state index in [4.69, 9.17) is 9.47 Å². The Hall–Kier alpha value is -2.66. The van der Waals surface area contributed by atoms with Gasteiger partial charge in [0.25, 0.3) is 0 Å². The van der Waals surface area contributed by atoms with Crippen LogP contribution in [0, 0.1) is 5.82 Å². The number of aromatic nitrogens is 2. The molecule has 0 spiro atoms. The lowest BCUT2D eigenvalue weighted by Gasteiger charge is -2.17. The molecule has 0 saturated carbocycles. The van der Waals surface area contributed by atoms with Gasteiger partial charge in [-0.1, -0.05) is 24.3 Å². The number of fused-ring (bicyclic) bond motifs is 1. The summed E-state index contributed by atoms with van der Waals surface area (Å²) in [5, 5.41) is 4.29. The van der Waals surface area contributed by atoms with Gasteiger partial charge in [0.05, 0.1) is 32.2 Å². The number of ether oxygens (including phenoxy) is 2. The first-order valence-electron chi connectivity index (χ1n) is 8.34. The molecule has 25 heavy (non-hydrogen) atoms. The van der Waals surface area contributed by atoms with Crippen molar-refractivity contribution in [2.45, 2.75) is 26.2 Å². The fourth-order valence-electron chi connectivity index (χ4n) is 2.96. The number of halogens is 1. The van der Waals surface area contributed by atoms with Crippen molar-refractivity contribution < 1.29 is 13.9 Å². The van der Waals surface area contributed by atoms with E-state index in [-0.39, 0.29) is 5.82 Å². The molecule has 0 bridgehead atoms. The van der Waals surface area contributed by atoms with Crippen LogP contribution < -0.4 is 4.74 Å². The highest BCUT2D eigenvalue weighted by Gasteiger charge is 2.10. The van der Waals surface area contributed by atoms with Crippen LogP contribution in [-0.2, 0) is 30.9 Å². The molecule has 1 aliphatic heterocycles. The van der Waals surface area contributed by atoms with Gasteiger partial charge in [-0.2, -0.15) is 5.10 Å². The second-order valence-electron chi connectivity index (χ2n) is 6.19. The Kier molecular flexibility index (Phi) is 4.48. The standard InChI is InChI=1S/C20H19FN2O2/c21-19-5-2-15(3-6-19)11-23-12-20(10-22-23)25-13-16-1-4-17-7-8-24-14-18(17)9-16/h1-6,9-10,12H,7-8,11,13-14H2. The largest absolute Gasteiger partial charge is 0.486 e. The van der Waals surface area contributed by atoms with Crippen LogP contribution >= 0.6 is 0 Å². The molecule has 0 atom stereocenters. The van der Waals surface area contributed by atoms with Gasteiger partial charge in [0.2, 0.25) is 0 Å². The molecular formula is C20H19FN2O2. The van der Waals surface area contributed by atoms with E-state index < -0.39 is 0 Å². The van der Waals surface area contributed by atoms with E-state index in [1.165, 1.54) is 23.3 Å². The molecule has 4 rings (SSSR count). The van der Waals surface area contributed by atoms with Gasteiger partial charge in [0.15, 0.2) is 5.75 Å². The molecule has 128 valence electrons. The topological polar surface area (TPSA) is 36.3 Å². The minimum absolute atomic E-state index is 0.233. The monoisotopic (exact) mass is 338 g/mol. The van der Waals surface area contributed by atoms with Crippen molar-refractivity contribution in [1.82, 2.24) is 9.78 Å². The predicted molar refractivity (Wildman–Crippen MR) is 91.9 cm³/mol. The number of hydrogen-bond donors (Lipinski definition) is 0. The summed E-state index contributed by atoms with van der Waals surface area (Å²) in [6.07, 6.45) is 4.53. The maximum atomic E-state index is 12.9. The van der Waals surface area contributed by atoms with Crippen LogP contribution in [0.4, 0.5) is 4.39 Å². The van der Waals surface area contributed by atoms with Crippen molar-refractivity contribution in [2.24, 2.45) is 0 Å². The molecule has 0 radical (unpaired) electrons. The Morgan fingerprint density at radius 2 is 1.92 bits per heavy atom. The second-order valence-corrected chi connectivity index (χ2v) is 6.19. The smallest absolute Gasteiger partial charge is 0.157 e. The third-order valence-electron chi connectivity index (χ3n) is 4.32. The van der Waals surface area contributed by atoms with Gasteiger partial charge in [-0.3, -0.25) is 4.68 Å². The third-order valence-corrected chi connectivity index (χ3v) is 4.32. The summed E-state index contributed by atoms with van der Waals surface area (Å²) in [5.74, 6) is 0.486. The molecule has 5 heteroatoms. The summed E-state index contributed by atoms with van der Waals surface area (Å²) < 4.78 is 26.1. The van der Waals surface area contributed by atoms with Crippen LogP contribution in [0.15, 0.2) is 54.9 Å². The zero-order chi connectivity index (χ0) is 17.1. The van der Waals surface area contributed by atoms with Crippen LogP contribution in [0.2, 0.25) is 0 Å². The summed E-state index contributed by atoms with van der Waals surface area (Å²) in [6, 6.07) is 12.8. The van der Waals surface area contributed by atoms with Crippen molar-refractivity contribution in [3.05, 3.63) is 82.9 Å². The van der Waals surface area contributed by atoms with Gasteiger partial charge < -0.3 is 9.47 Å². The Bertz CT molecular complexity index is 858. The van der Waals surface area contributed by atoms with E-state index in [2.05, 4.69) is 23.3 Å². The predicted octanol–water partition coefficient (Wildman–Crippen LogP) is 3.72. The SMILES string of the molecule is Fc1ccc(Cn2cc(OCc3ccc4c(c3)COCC4)cn2)cc1. The Labute approximate surface area is 145 Å². The Morgan fingerprint density at radius 3 is 2.80 bits per heavy atom. The van der Waals surface area contributed by atoms with Crippen LogP contribution in [0.5, 0.6) is 5.75 Å². The maximum Gasteiger partial charge on any atom is 0.157 e. The van der Waals surface area contributed by atoms with E-state index in [0.29, 0.717) is 19.8 Å². The van der Waals surface area contributed by atoms with Gasteiger partial charge in [-0.05, 0) is 46.9 Å². The number of benzene rings is 2. The zero-order valence-electron chi connectivity index (χ0n) is 13.8. The van der Waals surface area contributed by atoms with E-state index in [1.807, 2.05) is 6.20 Å². The summed E-state index contributed by atoms with van der Waals surface area (Å²) >= 11 is 0. The molecule has 0 N–H and O–H groups in total. The second kappa shape index (κ2) is 7.07. The van der Waals surface area contributed by atoms with E-state index in [0.717, 1.165) is 29.9 Å². The first-order chi connectivity index (χ1) is 12.3. The van der Waals surface area contributed by atoms with E-state index >= 15 is 0 Å². The molecule has 0 saturated heterocycles. The summed E-state index contributed by atoms with van der Waals surface area (Å²) in [6.45, 7) is 2.56. The molecule has 0 fully saturated rings. The lowest BCUT2D eigenvalue weighted by molar-refractivity contribution is 0.110. The highest BCUT2D eigenvalue weighted by molar-refractivity contribution is 5.33. The van der Waals surface area contributed by atoms with Crippen molar-refractivity contribution in [3.63, 3.8) is 0 Å². The summed E-state index contributed by atoms with van der Waals surface area (Å²) in [7, 11) is 0. The summed E-state index contributed by atoms with van der Waals surface area (Å²) in [5.41, 5.74) is 4.72. The third kappa shape index (κ3) is 3.88. The molecular weight excluding hydrogens is 319 g/mol. The van der Waals surface area contributed by atoms with Crippen molar-refractivity contribution in [3.8, 4) is 5.75 Å². The van der Waals surface area contributed by atoms with Gasteiger partial charge in [0.1, 0.15) is 12.4 Å². The summed E-state index contributed by atoms with van der Waals surface area (Å²) in [4.78, 5) is 0. The van der Waals surface area contributed by atoms with Crippen LogP contribution in [0.25, 0.3) is 0 Å². The quantitative estimate of drug-likeness (QED) is 0.711. The maximum absolute atomic E-state index is 12.9. The van der Waals surface area contributed by atoms with Crippen molar-refractivity contribution in [1.29, 1.82) is 0 Å². The molecule has 4 nitrogen and oxygen atoms in total. The molecule has 0 amide bonds. The van der Waals surface area contributed by atoms with Crippen LogP contribution in [-0.4, -0.2) is 16.4 Å². The average molecular weight is 338 g/mol. The number of hydrogen-bond acceptors (Lipinski definition) is 3. The Morgan fingerprint density at radius 1 is 1.08 bits per heavy atom. The highest BCUT2D eigenvalue weighted by atomic mass is 19.1. The average Bonchev–Trinajstić information content (AvgIpc) is 3.09. The lowest BCUT2D eigenvalue weighted by Crippen LogP contribution is -2.10. The fraction of sp³-hybridized carbons (Fsp3) is 0.250. The molecule has 2 heterocycles. The van der Waals surface area contributed by atoms with Crippen LogP contribution in [0.1, 0.15) is 22.3 Å². The van der Waals surface area contributed by atoms with Crippen LogP contribution in [0.3, 0.4) is 0 Å². The molecule has 2 aromatic carbocycles. The Balaban J connectivity index is 1.37. The minimum atomic E-state index is -0.233. The van der Waals surface area contributed by atoms with Gasteiger partial charge in [0, 0.05) is 0 Å². The molecule has 0 unspecified atom stereocenters. The van der Waals surface area contributed by atoms with Crippen molar-refractivity contribution in [2.75, 3.05) is 6.61 Å². The first kappa shape index (κ1) is 15.8.